The molecule has 0 unspecified atom stereocenters. The van der Waals surface area contributed by atoms with Crippen LogP contribution in [0.2, 0.25) is 5.02 Å². The zero-order chi connectivity index (χ0) is 21.5. The zero-order valence-electron chi connectivity index (χ0n) is 15.0. The SMILES string of the molecule is O=S(=O)(Nc1ncco1)c1ccc2c(c1)OCCN2c1ccc(C(F)(F)F)cc1Cl. The molecule has 2 heterocycles. The van der Waals surface area contributed by atoms with Crippen LogP contribution in [0.25, 0.3) is 0 Å². The first-order valence-electron chi connectivity index (χ1n) is 8.48. The van der Waals surface area contributed by atoms with Crippen LogP contribution in [0.4, 0.5) is 30.6 Å². The van der Waals surface area contributed by atoms with Crippen LogP contribution in [0, 0.1) is 0 Å². The van der Waals surface area contributed by atoms with Gasteiger partial charge < -0.3 is 14.1 Å². The number of sulfonamides is 1. The lowest BCUT2D eigenvalue weighted by atomic mass is 10.1. The number of nitrogens with one attached hydrogen (secondary N) is 1. The molecule has 0 saturated carbocycles. The van der Waals surface area contributed by atoms with Gasteiger partial charge in [-0.2, -0.15) is 13.2 Å². The number of hydrogen-bond donors (Lipinski definition) is 1. The molecule has 4 rings (SSSR count). The standard InChI is InChI=1S/C18H13ClF3N3O4S/c19-13-9-11(18(20,21)22)1-3-14(13)25-6-8-28-16-10-12(2-4-15(16)25)30(26,27)24-17-23-5-7-29-17/h1-5,7,9-10H,6,8H2,(H,23,24). The average molecular weight is 460 g/mol. The molecule has 0 bridgehead atoms. The molecule has 0 spiro atoms. The van der Waals surface area contributed by atoms with Crippen LogP contribution in [-0.2, 0) is 16.2 Å². The van der Waals surface area contributed by atoms with E-state index in [-0.39, 0.29) is 28.3 Å². The third kappa shape index (κ3) is 3.90. The molecule has 0 fully saturated rings. The van der Waals surface area contributed by atoms with Crippen molar-refractivity contribution in [1.82, 2.24) is 4.98 Å². The van der Waals surface area contributed by atoms with Crippen molar-refractivity contribution in [3.8, 4) is 5.75 Å². The molecule has 12 heteroatoms. The van der Waals surface area contributed by atoms with Crippen molar-refractivity contribution >= 4 is 39.0 Å². The van der Waals surface area contributed by atoms with Gasteiger partial charge in [-0.05, 0) is 30.3 Å². The van der Waals surface area contributed by atoms with Gasteiger partial charge in [-0.15, -0.1) is 0 Å². The van der Waals surface area contributed by atoms with Crippen molar-refractivity contribution in [3.05, 3.63) is 59.4 Å². The Bertz CT molecular complexity index is 1180. The number of halogens is 4. The van der Waals surface area contributed by atoms with Crippen LogP contribution in [0.15, 0.2) is 58.2 Å². The fourth-order valence-electron chi connectivity index (χ4n) is 2.97. The summed E-state index contributed by atoms with van der Waals surface area (Å²) in [6.45, 7) is 0.500. The number of fused-ring (bicyclic) bond motifs is 1. The van der Waals surface area contributed by atoms with Crippen LogP contribution >= 0.6 is 11.6 Å². The van der Waals surface area contributed by atoms with Gasteiger partial charge in [0.05, 0.1) is 39.6 Å². The fourth-order valence-corrected chi connectivity index (χ4v) is 4.21. The van der Waals surface area contributed by atoms with Gasteiger partial charge in [0.1, 0.15) is 18.6 Å². The number of alkyl halides is 3. The smallest absolute Gasteiger partial charge is 0.416 e. The molecule has 1 aliphatic rings. The fraction of sp³-hybridized carbons (Fsp3) is 0.167. The van der Waals surface area contributed by atoms with E-state index >= 15 is 0 Å². The van der Waals surface area contributed by atoms with Gasteiger partial charge in [0.2, 0.25) is 0 Å². The number of anilines is 3. The van der Waals surface area contributed by atoms with Crippen molar-refractivity contribution in [3.63, 3.8) is 0 Å². The summed E-state index contributed by atoms with van der Waals surface area (Å²) < 4.78 is 76.4. The number of oxazole rings is 1. The Morgan fingerprint density at radius 3 is 2.57 bits per heavy atom. The van der Waals surface area contributed by atoms with Crippen molar-refractivity contribution in [1.29, 1.82) is 0 Å². The summed E-state index contributed by atoms with van der Waals surface area (Å²) in [5, 5.41) is -0.0834. The highest BCUT2D eigenvalue weighted by atomic mass is 35.5. The molecule has 1 aliphatic heterocycles. The summed E-state index contributed by atoms with van der Waals surface area (Å²) in [7, 11) is -3.98. The van der Waals surface area contributed by atoms with Crippen LogP contribution < -0.4 is 14.4 Å². The van der Waals surface area contributed by atoms with Crippen molar-refractivity contribution in [2.24, 2.45) is 0 Å². The van der Waals surface area contributed by atoms with E-state index in [0.29, 0.717) is 17.9 Å². The molecule has 0 aliphatic carbocycles. The van der Waals surface area contributed by atoms with E-state index in [4.69, 9.17) is 20.8 Å². The van der Waals surface area contributed by atoms with Gasteiger partial charge in [0.25, 0.3) is 10.0 Å². The Morgan fingerprint density at radius 2 is 1.90 bits per heavy atom. The Kier molecular flexibility index (Phi) is 5.02. The first-order chi connectivity index (χ1) is 14.1. The predicted octanol–water partition coefficient (Wildman–Crippen LogP) is 4.68. The second-order valence-electron chi connectivity index (χ2n) is 6.24. The topological polar surface area (TPSA) is 84.7 Å². The minimum atomic E-state index is -4.51. The molecule has 0 saturated heterocycles. The van der Waals surface area contributed by atoms with Crippen LogP contribution in [0.5, 0.6) is 5.75 Å². The Morgan fingerprint density at radius 1 is 1.13 bits per heavy atom. The largest absolute Gasteiger partial charge is 0.489 e. The molecule has 7 nitrogen and oxygen atoms in total. The number of rotatable bonds is 4. The van der Waals surface area contributed by atoms with E-state index in [1.807, 2.05) is 0 Å². The van der Waals surface area contributed by atoms with E-state index in [1.165, 1.54) is 36.7 Å². The number of benzene rings is 2. The Balaban J connectivity index is 1.67. The molecule has 30 heavy (non-hydrogen) atoms. The van der Waals surface area contributed by atoms with Crippen LogP contribution in [0.3, 0.4) is 0 Å². The molecule has 3 aromatic rings. The van der Waals surface area contributed by atoms with Gasteiger partial charge in [-0.25, -0.2) is 18.1 Å². The minimum Gasteiger partial charge on any atom is -0.489 e. The van der Waals surface area contributed by atoms with Crippen molar-refractivity contribution in [2.45, 2.75) is 11.1 Å². The maximum Gasteiger partial charge on any atom is 0.416 e. The van der Waals surface area contributed by atoms with Crippen molar-refractivity contribution in [2.75, 3.05) is 22.8 Å². The molecule has 1 N–H and O–H groups in total. The third-order valence-electron chi connectivity index (χ3n) is 4.32. The maximum absolute atomic E-state index is 12.9. The number of ether oxygens (including phenoxy) is 1. The van der Waals surface area contributed by atoms with E-state index in [1.54, 1.807) is 4.90 Å². The maximum atomic E-state index is 12.9. The summed E-state index contributed by atoms with van der Waals surface area (Å²) in [5.41, 5.74) is -0.0375. The summed E-state index contributed by atoms with van der Waals surface area (Å²) >= 11 is 6.11. The van der Waals surface area contributed by atoms with Crippen molar-refractivity contribution < 1.29 is 30.7 Å². The Hall–Kier alpha value is -2.92. The van der Waals surface area contributed by atoms with Gasteiger partial charge in [-0.1, -0.05) is 11.6 Å². The first-order valence-corrected chi connectivity index (χ1v) is 10.3. The second kappa shape index (κ2) is 7.40. The quantitative estimate of drug-likeness (QED) is 0.610. The highest BCUT2D eigenvalue weighted by molar-refractivity contribution is 7.92. The molecule has 158 valence electrons. The zero-order valence-corrected chi connectivity index (χ0v) is 16.6. The normalized spacial score (nSPS) is 14.2. The molecular weight excluding hydrogens is 447 g/mol. The van der Waals surface area contributed by atoms with Crippen LogP contribution in [-0.4, -0.2) is 26.6 Å². The monoisotopic (exact) mass is 459 g/mol. The van der Waals surface area contributed by atoms with Gasteiger partial charge in [0, 0.05) is 6.07 Å². The highest BCUT2D eigenvalue weighted by Crippen LogP contribution is 2.42. The van der Waals surface area contributed by atoms with Crippen LogP contribution in [0.1, 0.15) is 5.56 Å². The highest BCUT2D eigenvalue weighted by Gasteiger charge is 2.32. The summed E-state index contributed by atoms with van der Waals surface area (Å²) in [6, 6.07) is 7.02. The molecule has 0 atom stereocenters. The number of nitrogens with zero attached hydrogens (tertiary/aromatic N) is 2. The molecule has 1 aromatic heterocycles. The average Bonchev–Trinajstić information content (AvgIpc) is 3.18. The van der Waals surface area contributed by atoms with E-state index < -0.39 is 21.8 Å². The predicted molar refractivity (Wildman–Crippen MR) is 103 cm³/mol. The first kappa shape index (κ1) is 20.4. The minimum absolute atomic E-state index is 0.0834. The van der Waals surface area contributed by atoms with E-state index in [9.17, 15) is 21.6 Å². The van der Waals surface area contributed by atoms with Gasteiger partial charge in [0.15, 0.2) is 0 Å². The number of hydrogen-bond acceptors (Lipinski definition) is 6. The van der Waals surface area contributed by atoms with E-state index in [0.717, 1.165) is 12.1 Å². The molecule has 0 radical (unpaired) electrons. The Labute approximate surface area is 174 Å². The summed E-state index contributed by atoms with van der Waals surface area (Å²) in [6.07, 6.45) is -2.00. The summed E-state index contributed by atoms with van der Waals surface area (Å²) in [4.78, 5) is 5.28. The number of aromatic nitrogens is 1. The lowest BCUT2D eigenvalue weighted by molar-refractivity contribution is -0.137. The lowest BCUT2D eigenvalue weighted by Crippen LogP contribution is -2.29. The van der Waals surface area contributed by atoms with Gasteiger partial charge in [-0.3, -0.25) is 0 Å². The molecular formula is C18H13ClF3N3O4S. The lowest BCUT2D eigenvalue weighted by Gasteiger charge is -2.32. The van der Waals surface area contributed by atoms with Gasteiger partial charge >= 0.3 is 12.2 Å². The third-order valence-corrected chi connectivity index (χ3v) is 5.95. The summed E-state index contributed by atoms with van der Waals surface area (Å²) in [5.74, 6) is 0.243. The second-order valence-corrected chi connectivity index (χ2v) is 8.33. The molecule has 0 amide bonds. The van der Waals surface area contributed by atoms with E-state index in [2.05, 4.69) is 9.71 Å². The molecule has 2 aromatic carbocycles.